The minimum absolute atomic E-state index is 0.629. The van der Waals surface area contributed by atoms with Gasteiger partial charge in [-0.05, 0) is 46.2 Å². The zero-order valence-corrected chi connectivity index (χ0v) is 10.9. The topological polar surface area (TPSA) is 15.3 Å². The van der Waals surface area contributed by atoms with Gasteiger partial charge in [0, 0.05) is 18.1 Å². The molecular formula is C13H28N2. The van der Waals surface area contributed by atoms with Crippen LogP contribution in [-0.4, -0.2) is 36.6 Å². The van der Waals surface area contributed by atoms with E-state index in [1.54, 1.807) is 0 Å². The molecule has 1 atom stereocenters. The number of rotatable bonds is 7. The maximum absolute atomic E-state index is 3.48. The molecule has 0 saturated heterocycles. The zero-order chi connectivity index (χ0) is 11.3. The van der Waals surface area contributed by atoms with E-state index in [1.807, 2.05) is 0 Å². The lowest BCUT2D eigenvalue weighted by Crippen LogP contribution is -2.42. The molecule has 1 aliphatic carbocycles. The van der Waals surface area contributed by atoms with Gasteiger partial charge >= 0.3 is 0 Å². The van der Waals surface area contributed by atoms with Gasteiger partial charge in [0.1, 0.15) is 0 Å². The molecular weight excluding hydrogens is 184 g/mol. The number of hydrogen-bond acceptors (Lipinski definition) is 2. The molecule has 0 aromatic heterocycles. The molecule has 90 valence electrons. The Balaban J connectivity index is 2.04. The van der Waals surface area contributed by atoms with Gasteiger partial charge < -0.3 is 10.2 Å². The molecule has 1 fully saturated rings. The molecule has 0 aliphatic heterocycles. The minimum atomic E-state index is 0.629. The lowest BCUT2D eigenvalue weighted by atomic mass is 9.90. The van der Waals surface area contributed by atoms with Gasteiger partial charge in [-0.2, -0.15) is 0 Å². The molecule has 0 spiro atoms. The Hall–Kier alpha value is -0.0800. The molecule has 2 nitrogen and oxygen atoms in total. The first-order chi connectivity index (χ1) is 7.11. The van der Waals surface area contributed by atoms with Crippen molar-refractivity contribution in [3.05, 3.63) is 0 Å². The van der Waals surface area contributed by atoms with Gasteiger partial charge in [0.25, 0.3) is 0 Å². The van der Waals surface area contributed by atoms with Gasteiger partial charge in [0.2, 0.25) is 0 Å². The smallest absolute Gasteiger partial charge is 0.00950 e. The van der Waals surface area contributed by atoms with Crippen molar-refractivity contribution in [3.8, 4) is 0 Å². The molecule has 0 heterocycles. The zero-order valence-electron chi connectivity index (χ0n) is 10.9. The van der Waals surface area contributed by atoms with Crippen LogP contribution in [0.4, 0.5) is 0 Å². The molecule has 1 unspecified atom stereocenters. The third-order valence-electron chi connectivity index (χ3n) is 3.70. The van der Waals surface area contributed by atoms with Crippen LogP contribution >= 0.6 is 0 Å². The molecule has 2 heteroatoms. The Morgan fingerprint density at radius 2 is 1.93 bits per heavy atom. The predicted octanol–water partition coefficient (Wildman–Crippen LogP) is 2.64. The molecule has 1 aliphatic rings. The van der Waals surface area contributed by atoms with Crippen molar-refractivity contribution < 1.29 is 0 Å². The molecule has 1 rings (SSSR count). The van der Waals surface area contributed by atoms with Crippen molar-refractivity contribution in [2.24, 2.45) is 0 Å². The van der Waals surface area contributed by atoms with Crippen LogP contribution in [0.15, 0.2) is 0 Å². The lowest BCUT2D eigenvalue weighted by molar-refractivity contribution is 0.112. The van der Waals surface area contributed by atoms with Crippen molar-refractivity contribution in [2.75, 3.05) is 13.6 Å². The minimum Gasteiger partial charge on any atom is -0.315 e. The average molecular weight is 212 g/mol. The summed E-state index contributed by atoms with van der Waals surface area (Å²) in [5, 5.41) is 3.48. The summed E-state index contributed by atoms with van der Waals surface area (Å²) < 4.78 is 0. The Bertz CT molecular complexity index is 164. The summed E-state index contributed by atoms with van der Waals surface area (Å²) in [5.74, 6) is 0. The molecule has 0 aromatic carbocycles. The lowest BCUT2D eigenvalue weighted by Gasteiger charge is -2.38. The van der Waals surface area contributed by atoms with Crippen LogP contribution in [0, 0.1) is 0 Å². The summed E-state index contributed by atoms with van der Waals surface area (Å²) in [4.78, 5) is 2.58. The van der Waals surface area contributed by atoms with E-state index in [-0.39, 0.29) is 0 Å². The average Bonchev–Trinajstić information content (AvgIpc) is 2.08. The summed E-state index contributed by atoms with van der Waals surface area (Å²) in [6, 6.07) is 2.27. The van der Waals surface area contributed by atoms with Crippen molar-refractivity contribution >= 4 is 0 Å². The van der Waals surface area contributed by atoms with Crippen LogP contribution in [0.2, 0.25) is 0 Å². The quantitative estimate of drug-likeness (QED) is 0.653. The Morgan fingerprint density at radius 3 is 2.40 bits per heavy atom. The highest BCUT2D eigenvalue weighted by molar-refractivity contribution is 4.81. The summed E-state index contributed by atoms with van der Waals surface area (Å²) >= 11 is 0. The highest BCUT2D eigenvalue weighted by Crippen LogP contribution is 2.25. The second-order valence-corrected chi connectivity index (χ2v) is 5.35. The molecule has 0 bridgehead atoms. The molecule has 1 saturated carbocycles. The van der Waals surface area contributed by atoms with Crippen molar-refractivity contribution in [1.82, 2.24) is 10.2 Å². The first-order valence-corrected chi connectivity index (χ1v) is 6.56. The fraction of sp³-hybridized carbons (Fsp3) is 1.00. The SMILES string of the molecule is CC(C)NCCCC(C)N(C)C1CCC1. The Morgan fingerprint density at radius 1 is 1.27 bits per heavy atom. The van der Waals surface area contributed by atoms with E-state index in [9.17, 15) is 0 Å². The van der Waals surface area contributed by atoms with Crippen molar-refractivity contribution in [3.63, 3.8) is 0 Å². The van der Waals surface area contributed by atoms with E-state index >= 15 is 0 Å². The normalized spacial score (nSPS) is 19.6. The van der Waals surface area contributed by atoms with Crippen LogP contribution in [-0.2, 0) is 0 Å². The monoisotopic (exact) mass is 212 g/mol. The predicted molar refractivity (Wildman–Crippen MR) is 67.2 cm³/mol. The Labute approximate surface area is 95.4 Å². The maximum Gasteiger partial charge on any atom is 0.00950 e. The number of nitrogens with zero attached hydrogens (tertiary/aromatic N) is 1. The van der Waals surface area contributed by atoms with Gasteiger partial charge in [0.05, 0.1) is 0 Å². The molecule has 15 heavy (non-hydrogen) atoms. The highest BCUT2D eigenvalue weighted by atomic mass is 15.2. The van der Waals surface area contributed by atoms with Gasteiger partial charge in [-0.1, -0.05) is 20.3 Å². The number of nitrogens with one attached hydrogen (secondary N) is 1. The van der Waals surface area contributed by atoms with Crippen LogP contribution in [0.25, 0.3) is 0 Å². The molecule has 0 aromatic rings. The third-order valence-corrected chi connectivity index (χ3v) is 3.70. The van der Waals surface area contributed by atoms with Crippen molar-refractivity contribution in [1.29, 1.82) is 0 Å². The molecule has 0 radical (unpaired) electrons. The van der Waals surface area contributed by atoms with Gasteiger partial charge in [0.15, 0.2) is 0 Å². The maximum atomic E-state index is 3.48. The number of hydrogen-bond donors (Lipinski definition) is 1. The standard InChI is InChI=1S/C13H28N2/c1-11(2)14-10-6-7-12(3)15(4)13-8-5-9-13/h11-14H,5-10H2,1-4H3. The fourth-order valence-electron chi connectivity index (χ4n) is 2.15. The van der Waals surface area contributed by atoms with Gasteiger partial charge in [-0.3, -0.25) is 0 Å². The van der Waals surface area contributed by atoms with E-state index in [2.05, 4.69) is 38.0 Å². The summed E-state index contributed by atoms with van der Waals surface area (Å²) in [6.45, 7) is 7.96. The summed E-state index contributed by atoms with van der Waals surface area (Å²) in [6.07, 6.45) is 6.91. The molecule has 0 amide bonds. The highest BCUT2D eigenvalue weighted by Gasteiger charge is 2.24. The van der Waals surface area contributed by atoms with Gasteiger partial charge in [-0.15, -0.1) is 0 Å². The molecule has 1 N–H and O–H groups in total. The van der Waals surface area contributed by atoms with Crippen LogP contribution in [0.3, 0.4) is 0 Å². The first-order valence-electron chi connectivity index (χ1n) is 6.56. The van der Waals surface area contributed by atoms with Gasteiger partial charge in [-0.25, -0.2) is 0 Å². The van der Waals surface area contributed by atoms with E-state index in [4.69, 9.17) is 0 Å². The van der Waals surface area contributed by atoms with E-state index in [0.29, 0.717) is 6.04 Å². The largest absolute Gasteiger partial charge is 0.315 e. The van der Waals surface area contributed by atoms with Crippen molar-refractivity contribution in [2.45, 2.75) is 71.0 Å². The van der Waals surface area contributed by atoms with E-state index in [0.717, 1.165) is 12.1 Å². The first kappa shape index (κ1) is 13.0. The second kappa shape index (κ2) is 6.49. The summed E-state index contributed by atoms with van der Waals surface area (Å²) in [7, 11) is 2.30. The Kier molecular flexibility index (Phi) is 5.62. The van der Waals surface area contributed by atoms with E-state index in [1.165, 1.54) is 38.6 Å². The fourth-order valence-corrected chi connectivity index (χ4v) is 2.15. The third kappa shape index (κ3) is 4.52. The second-order valence-electron chi connectivity index (χ2n) is 5.35. The van der Waals surface area contributed by atoms with E-state index < -0.39 is 0 Å². The van der Waals surface area contributed by atoms with Crippen LogP contribution in [0.5, 0.6) is 0 Å². The summed E-state index contributed by atoms with van der Waals surface area (Å²) in [5.41, 5.74) is 0. The van der Waals surface area contributed by atoms with Crippen LogP contribution < -0.4 is 5.32 Å². The van der Waals surface area contributed by atoms with Crippen LogP contribution in [0.1, 0.15) is 52.9 Å².